The molecule has 0 saturated heterocycles. The fraction of sp³-hybridized carbons (Fsp3) is 0.714. The van der Waals surface area contributed by atoms with E-state index in [9.17, 15) is 0 Å². The van der Waals surface area contributed by atoms with Gasteiger partial charge in [0.05, 0.1) is 0 Å². The average Bonchev–Trinajstić information content (AvgIpc) is 2.48. The third-order valence-corrected chi connectivity index (χ3v) is 3.05. The summed E-state index contributed by atoms with van der Waals surface area (Å²) in [4.78, 5) is 0. The molecular formula is C21H40LiN. The maximum absolute atomic E-state index is 4.28. The van der Waals surface area contributed by atoms with Gasteiger partial charge in [-0.1, -0.05) is 111 Å². The number of hydrogen-bond donors (Lipinski definition) is 0. The van der Waals surface area contributed by atoms with Gasteiger partial charge in [-0.15, -0.1) is 12.1 Å². The minimum atomic E-state index is 0. The van der Waals surface area contributed by atoms with E-state index >= 15 is 0 Å². The summed E-state index contributed by atoms with van der Waals surface area (Å²) in [5, 5.41) is 4.28. The smallest absolute Gasteiger partial charge is 0.658 e. The van der Waals surface area contributed by atoms with E-state index in [4.69, 9.17) is 0 Å². The van der Waals surface area contributed by atoms with Gasteiger partial charge >= 0.3 is 18.9 Å². The largest absolute Gasteiger partial charge is 1.00 e. The Hall–Kier alpha value is -0.223. The van der Waals surface area contributed by atoms with Crippen molar-refractivity contribution in [3.05, 3.63) is 41.2 Å². The quantitative estimate of drug-likeness (QED) is 0.523. The normalized spacial score (nSPS) is 9.43. The summed E-state index contributed by atoms with van der Waals surface area (Å²) in [5.74, 6) is 0. The Kier molecular flexibility index (Phi) is 26.1. The number of unbranched alkanes of at least 4 members (excludes halogenated alkanes) is 4. The maximum Gasteiger partial charge on any atom is 1.00 e. The molecule has 0 radical (unpaired) electrons. The van der Waals surface area contributed by atoms with Crippen LogP contribution in [0.3, 0.4) is 0 Å². The minimum absolute atomic E-state index is 0. The van der Waals surface area contributed by atoms with E-state index in [0.717, 1.165) is 6.42 Å². The molecule has 0 bridgehead atoms. The number of benzene rings is 1. The molecule has 0 heterocycles. The molecule has 0 fully saturated rings. The first-order chi connectivity index (χ1) is 10.5. The second kappa shape index (κ2) is 21.8. The standard InChI is InChI=1S/C8H10.C7H16.C6H14N.Li/c1-2-8-6-4-3-5-7-8;1-3-5-7-6-4-2;1-5(2)7-6(3)4;/h3-7H,2H2,1H3;3-7H2,1-2H3;5-6H,1-4H3;/q;;-1;+1. The van der Waals surface area contributed by atoms with E-state index in [1.54, 1.807) is 0 Å². The van der Waals surface area contributed by atoms with Gasteiger partial charge < -0.3 is 5.32 Å². The van der Waals surface area contributed by atoms with Gasteiger partial charge in [0, 0.05) is 0 Å². The molecule has 1 rings (SSSR count). The van der Waals surface area contributed by atoms with E-state index in [2.05, 4.69) is 78.0 Å². The van der Waals surface area contributed by atoms with Gasteiger partial charge in [0.15, 0.2) is 0 Å². The maximum atomic E-state index is 4.28. The van der Waals surface area contributed by atoms with Crippen LogP contribution in [-0.2, 0) is 6.42 Å². The summed E-state index contributed by atoms with van der Waals surface area (Å²) in [7, 11) is 0. The molecule has 0 unspecified atom stereocenters. The van der Waals surface area contributed by atoms with Crippen LogP contribution in [0.5, 0.6) is 0 Å². The van der Waals surface area contributed by atoms with E-state index in [1.807, 2.05) is 6.07 Å². The molecule has 0 N–H and O–H groups in total. The van der Waals surface area contributed by atoms with Crippen LogP contribution in [0.1, 0.15) is 86.1 Å². The Morgan fingerprint density at radius 2 is 1.17 bits per heavy atom. The molecule has 23 heavy (non-hydrogen) atoms. The molecule has 2 heteroatoms. The zero-order valence-electron chi connectivity index (χ0n) is 17.2. The van der Waals surface area contributed by atoms with Crippen LogP contribution < -0.4 is 18.9 Å². The summed E-state index contributed by atoms with van der Waals surface area (Å²) in [5.41, 5.74) is 1.41. The molecule has 0 aromatic heterocycles. The third-order valence-electron chi connectivity index (χ3n) is 3.05. The fourth-order valence-electron chi connectivity index (χ4n) is 1.99. The van der Waals surface area contributed by atoms with Crippen molar-refractivity contribution in [2.45, 2.75) is 99.1 Å². The second-order valence-electron chi connectivity index (χ2n) is 6.24. The minimum Gasteiger partial charge on any atom is -0.658 e. The molecule has 0 amide bonds. The molecule has 1 aromatic rings. The topological polar surface area (TPSA) is 14.1 Å². The van der Waals surface area contributed by atoms with Crippen molar-refractivity contribution in [3.63, 3.8) is 0 Å². The predicted molar refractivity (Wildman–Crippen MR) is 104 cm³/mol. The van der Waals surface area contributed by atoms with Gasteiger partial charge in [-0.2, -0.15) is 0 Å². The van der Waals surface area contributed by atoms with Crippen LogP contribution in [0, 0.1) is 0 Å². The Bertz CT molecular complexity index is 286. The molecule has 0 aliphatic rings. The van der Waals surface area contributed by atoms with Crippen molar-refractivity contribution in [3.8, 4) is 0 Å². The monoisotopic (exact) mass is 313 g/mol. The SMILES string of the molecule is CC(C)[N-]C(C)C.CCCCCCC.CCc1ccccc1.[Li+]. The van der Waals surface area contributed by atoms with Crippen molar-refractivity contribution in [2.75, 3.05) is 0 Å². The first-order valence-electron chi connectivity index (χ1n) is 9.21. The van der Waals surface area contributed by atoms with Crippen LogP contribution in [0.15, 0.2) is 30.3 Å². The van der Waals surface area contributed by atoms with Crippen LogP contribution in [0.4, 0.5) is 0 Å². The van der Waals surface area contributed by atoms with Crippen LogP contribution in [0.2, 0.25) is 0 Å². The van der Waals surface area contributed by atoms with Crippen molar-refractivity contribution >= 4 is 0 Å². The van der Waals surface area contributed by atoms with Gasteiger partial charge in [-0.3, -0.25) is 0 Å². The van der Waals surface area contributed by atoms with Gasteiger partial charge in [0.1, 0.15) is 0 Å². The first-order valence-corrected chi connectivity index (χ1v) is 9.21. The van der Waals surface area contributed by atoms with Gasteiger partial charge in [-0.05, 0) is 12.0 Å². The van der Waals surface area contributed by atoms with E-state index in [-0.39, 0.29) is 18.9 Å². The van der Waals surface area contributed by atoms with Crippen molar-refractivity contribution in [1.82, 2.24) is 0 Å². The second-order valence-corrected chi connectivity index (χ2v) is 6.24. The predicted octanol–water partition coefficient (Wildman–Crippen LogP) is 4.41. The molecule has 1 aromatic carbocycles. The first kappa shape index (κ1) is 27.6. The van der Waals surface area contributed by atoms with Crippen molar-refractivity contribution < 1.29 is 18.9 Å². The van der Waals surface area contributed by atoms with Crippen LogP contribution >= 0.6 is 0 Å². The summed E-state index contributed by atoms with van der Waals surface area (Å²) < 4.78 is 0. The zero-order valence-corrected chi connectivity index (χ0v) is 17.2. The van der Waals surface area contributed by atoms with Crippen LogP contribution in [0.25, 0.3) is 5.32 Å². The van der Waals surface area contributed by atoms with Gasteiger partial charge in [-0.25, -0.2) is 0 Å². The number of aryl methyl sites for hydroxylation is 1. The number of nitrogens with zero attached hydrogens (tertiary/aromatic N) is 1. The fourth-order valence-corrected chi connectivity index (χ4v) is 1.99. The van der Waals surface area contributed by atoms with Crippen LogP contribution in [-0.4, -0.2) is 12.1 Å². The van der Waals surface area contributed by atoms with E-state index < -0.39 is 0 Å². The Balaban J connectivity index is -0.000000257. The van der Waals surface area contributed by atoms with Gasteiger partial charge in [0.25, 0.3) is 0 Å². The summed E-state index contributed by atoms with van der Waals surface area (Å²) in [6, 6.07) is 11.5. The molecule has 0 saturated carbocycles. The molecule has 1 nitrogen and oxygen atoms in total. The number of hydrogen-bond acceptors (Lipinski definition) is 0. The van der Waals surface area contributed by atoms with Gasteiger partial charge in [0.2, 0.25) is 0 Å². The third kappa shape index (κ3) is 27.0. The molecule has 130 valence electrons. The summed E-state index contributed by atoms with van der Waals surface area (Å²) in [6.45, 7) is 15.0. The van der Waals surface area contributed by atoms with Crippen molar-refractivity contribution in [1.29, 1.82) is 0 Å². The molecule has 0 spiro atoms. The van der Waals surface area contributed by atoms with Crippen molar-refractivity contribution in [2.24, 2.45) is 0 Å². The molecule has 0 aliphatic carbocycles. The summed E-state index contributed by atoms with van der Waals surface area (Å²) in [6.07, 6.45) is 8.15. The summed E-state index contributed by atoms with van der Waals surface area (Å²) >= 11 is 0. The Morgan fingerprint density at radius 1 is 0.739 bits per heavy atom. The molecular weight excluding hydrogens is 273 g/mol. The average molecular weight is 313 g/mol. The van der Waals surface area contributed by atoms with E-state index in [0.29, 0.717) is 12.1 Å². The zero-order chi connectivity index (χ0) is 17.2. The molecule has 0 aliphatic heterocycles. The Morgan fingerprint density at radius 3 is 1.39 bits per heavy atom. The van der Waals surface area contributed by atoms with E-state index in [1.165, 1.54) is 37.7 Å². The molecule has 0 atom stereocenters. The Labute approximate surface area is 159 Å². The number of rotatable bonds is 7.